The lowest BCUT2D eigenvalue weighted by Crippen LogP contribution is -2.68. The van der Waals surface area contributed by atoms with Crippen LogP contribution in [0.2, 0.25) is 0 Å². The number of amides is 1. The van der Waals surface area contributed by atoms with Crippen molar-refractivity contribution in [3.8, 4) is 11.5 Å². The average Bonchev–Trinajstić information content (AvgIpc) is 3.00. The summed E-state index contributed by atoms with van der Waals surface area (Å²) in [7, 11) is 1.76. The van der Waals surface area contributed by atoms with Crippen LogP contribution in [-0.4, -0.2) is 68.2 Å². The molecule has 2 N–H and O–H groups in total. The maximum absolute atomic E-state index is 11.5. The highest BCUT2D eigenvalue weighted by atomic mass is 16.5. The first-order valence-corrected chi connectivity index (χ1v) is 17.1. The number of nitrogens with zero attached hydrogens (tertiary/aromatic N) is 3. The number of carbonyl (C=O) groups is 1. The van der Waals surface area contributed by atoms with E-state index in [1.165, 1.54) is 40.8 Å². The minimum absolute atomic E-state index is 0.0680. The molecule has 46 heavy (non-hydrogen) atoms. The molecule has 0 bridgehead atoms. The Morgan fingerprint density at radius 2 is 1.78 bits per heavy atom. The van der Waals surface area contributed by atoms with Crippen LogP contribution in [0.3, 0.4) is 0 Å². The highest BCUT2D eigenvalue weighted by molar-refractivity contribution is 5.93. The van der Waals surface area contributed by atoms with Gasteiger partial charge < -0.3 is 20.1 Å². The normalized spacial score (nSPS) is 22.6. The molecule has 3 heterocycles. The Labute approximate surface area is 274 Å². The van der Waals surface area contributed by atoms with Gasteiger partial charge in [-0.1, -0.05) is 52.0 Å². The zero-order valence-corrected chi connectivity index (χ0v) is 28.2. The van der Waals surface area contributed by atoms with Gasteiger partial charge >= 0.3 is 0 Å². The molecule has 2 saturated heterocycles. The number of benzene rings is 3. The highest BCUT2D eigenvalue weighted by Crippen LogP contribution is 2.53. The van der Waals surface area contributed by atoms with Gasteiger partial charge in [0.1, 0.15) is 0 Å². The topological polar surface area (TPSA) is 71.3 Å². The molecular formula is C39H50N4O3. The molecule has 1 saturated carbocycles. The summed E-state index contributed by atoms with van der Waals surface area (Å²) in [5.41, 5.74) is 13.2. The standard InChI is InChI=1S/C39H50N4O3/c1-26(2)31-8-6-7-9-32(31)34-23-41(22-27-18-33-36(35(19-27)45-5)46-17-14-38(33,3)4)15-16-43(34)30-20-39(21-30)24-42(25-39)29-12-10-28(11-13-29)37(40)44/h6-13,18-19,26,30,34H,14-17,20-25H2,1-5H3,(H2,40,44)/t34-/m0/s1. The van der Waals surface area contributed by atoms with Gasteiger partial charge in [0.15, 0.2) is 11.5 Å². The van der Waals surface area contributed by atoms with Crippen LogP contribution < -0.4 is 20.1 Å². The van der Waals surface area contributed by atoms with Crippen molar-refractivity contribution in [2.24, 2.45) is 11.1 Å². The Bertz CT molecular complexity index is 1590. The average molecular weight is 623 g/mol. The number of fused-ring (bicyclic) bond motifs is 1. The Morgan fingerprint density at radius 1 is 1.04 bits per heavy atom. The summed E-state index contributed by atoms with van der Waals surface area (Å²) in [6.45, 7) is 16.3. The zero-order chi connectivity index (χ0) is 32.2. The fraction of sp³-hybridized carbons (Fsp3) is 0.513. The monoisotopic (exact) mass is 622 g/mol. The molecule has 0 unspecified atom stereocenters. The maximum atomic E-state index is 11.5. The number of hydrogen-bond acceptors (Lipinski definition) is 6. The molecule has 3 aliphatic heterocycles. The smallest absolute Gasteiger partial charge is 0.248 e. The van der Waals surface area contributed by atoms with Crippen molar-refractivity contribution in [1.82, 2.24) is 9.80 Å². The van der Waals surface area contributed by atoms with E-state index >= 15 is 0 Å². The predicted octanol–water partition coefficient (Wildman–Crippen LogP) is 6.51. The van der Waals surface area contributed by atoms with E-state index in [2.05, 4.69) is 78.8 Å². The third kappa shape index (κ3) is 5.66. The minimum Gasteiger partial charge on any atom is -0.493 e. The van der Waals surface area contributed by atoms with E-state index in [0.717, 1.165) is 63.8 Å². The summed E-state index contributed by atoms with van der Waals surface area (Å²) >= 11 is 0. The van der Waals surface area contributed by atoms with Crippen LogP contribution >= 0.6 is 0 Å². The number of nitrogens with two attached hydrogens (primary N) is 1. The van der Waals surface area contributed by atoms with E-state index < -0.39 is 0 Å². The van der Waals surface area contributed by atoms with Crippen molar-refractivity contribution >= 4 is 11.6 Å². The number of carbonyl (C=O) groups excluding carboxylic acids is 1. The van der Waals surface area contributed by atoms with Crippen LogP contribution in [0.15, 0.2) is 60.7 Å². The van der Waals surface area contributed by atoms with Crippen LogP contribution in [0.25, 0.3) is 0 Å². The number of hydrogen-bond donors (Lipinski definition) is 1. The van der Waals surface area contributed by atoms with Gasteiger partial charge in [0.2, 0.25) is 5.91 Å². The summed E-state index contributed by atoms with van der Waals surface area (Å²) in [4.78, 5) is 19.5. The quantitative estimate of drug-likeness (QED) is 0.309. The van der Waals surface area contributed by atoms with E-state index in [1.54, 1.807) is 7.11 Å². The van der Waals surface area contributed by atoms with Gasteiger partial charge in [-0.25, -0.2) is 0 Å². The van der Waals surface area contributed by atoms with Gasteiger partial charge in [-0.15, -0.1) is 0 Å². The van der Waals surface area contributed by atoms with E-state index in [-0.39, 0.29) is 11.3 Å². The molecule has 3 fully saturated rings. The molecule has 244 valence electrons. The highest BCUT2D eigenvalue weighted by Gasteiger charge is 2.55. The Hall–Kier alpha value is -3.55. The molecular weight excluding hydrogens is 572 g/mol. The third-order valence-corrected chi connectivity index (χ3v) is 11.3. The lowest BCUT2D eigenvalue weighted by Gasteiger charge is -2.63. The number of methoxy groups -OCH3 is 1. The lowest BCUT2D eigenvalue weighted by atomic mass is 9.59. The molecule has 7 rings (SSSR count). The largest absolute Gasteiger partial charge is 0.493 e. The SMILES string of the molecule is COc1cc(CN2CCN(C3CC4(C3)CN(c3ccc(C(N)=O)cc3)C4)[C@H](c3ccccc3C(C)C)C2)cc2c1OCCC2(C)C. The van der Waals surface area contributed by atoms with Crippen molar-refractivity contribution in [1.29, 1.82) is 0 Å². The second-order valence-electron chi connectivity index (χ2n) is 15.3. The van der Waals surface area contributed by atoms with Gasteiger partial charge in [-0.05, 0) is 83.7 Å². The second kappa shape index (κ2) is 11.9. The maximum Gasteiger partial charge on any atom is 0.248 e. The Morgan fingerprint density at radius 3 is 2.48 bits per heavy atom. The van der Waals surface area contributed by atoms with E-state index in [9.17, 15) is 4.79 Å². The van der Waals surface area contributed by atoms with Crippen molar-refractivity contribution in [2.75, 3.05) is 51.3 Å². The lowest BCUT2D eigenvalue weighted by molar-refractivity contribution is -0.0647. The number of ether oxygens (including phenoxy) is 2. The first kappa shape index (κ1) is 31.1. The van der Waals surface area contributed by atoms with Crippen molar-refractivity contribution < 1.29 is 14.3 Å². The summed E-state index contributed by atoms with van der Waals surface area (Å²) in [5, 5.41) is 0. The van der Waals surface area contributed by atoms with Crippen LogP contribution in [0.5, 0.6) is 11.5 Å². The van der Waals surface area contributed by atoms with Crippen molar-refractivity contribution in [3.05, 3.63) is 88.5 Å². The van der Waals surface area contributed by atoms with Crippen LogP contribution in [0, 0.1) is 5.41 Å². The van der Waals surface area contributed by atoms with Crippen LogP contribution in [0.1, 0.15) is 91.5 Å². The minimum atomic E-state index is -0.372. The number of rotatable bonds is 8. The Balaban J connectivity index is 1.08. The fourth-order valence-corrected chi connectivity index (χ4v) is 8.62. The molecule has 0 aromatic heterocycles. The number of piperazine rings is 1. The number of primary amides is 1. The molecule has 7 nitrogen and oxygen atoms in total. The van der Waals surface area contributed by atoms with Crippen molar-refractivity contribution in [2.45, 2.75) is 76.9 Å². The Kier molecular flexibility index (Phi) is 8.05. The van der Waals surface area contributed by atoms with Crippen molar-refractivity contribution in [3.63, 3.8) is 0 Å². The summed E-state index contributed by atoms with van der Waals surface area (Å²) in [5.74, 6) is 1.89. The fourth-order valence-electron chi connectivity index (χ4n) is 8.62. The van der Waals surface area contributed by atoms with E-state index in [4.69, 9.17) is 15.2 Å². The second-order valence-corrected chi connectivity index (χ2v) is 15.3. The molecule has 3 aromatic rings. The molecule has 0 radical (unpaired) electrons. The van der Waals surface area contributed by atoms with E-state index in [0.29, 0.717) is 29.0 Å². The van der Waals surface area contributed by atoms with Gasteiger partial charge in [0, 0.05) is 73.6 Å². The summed E-state index contributed by atoms with van der Waals surface area (Å²) in [6.07, 6.45) is 3.52. The molecule has 1 amide bonds. The summed E-state index contributed by atoms with van der Waals surface area (Å²) < 4.78 is 12.0. The first-order valence-electron chi connectivity index (χ1n) is 17.1. The first-order chi connectivity index (χ1) is 22.1. The molecule has 1 spiro atoms. The van der Waals surface area contributed by atoms with Crippen LogP contribution in [-0.2, 0) is 12.0 Å². The molecule has 7 heteroatoms. The molecule has 4 aliphatic rings. The summed E-state index contributed by atoms with van der Waals surface area (Å²) in [6, 6.07) is 22.4. The number of anilines is 1. The van der Waals surface area contributed by atoms with Crippen LogP contribution in [0.4, 0.5) is 5.69 Å². The van der Waals surface area contributed by atoms with Gasteiger partial charge in [-0.2, -0.15) is 0 Å². The predicted molar refractivity (Wildman–Crippen MR) is 184 cm³/mol. The van der Waals surface area contributed by atoms with E-state index in [1.807, 2.05) is 24.3 Å². The van der Waals surface area contributed by atoms with Gasteiger partial charge in [0.05, 0.1) is 13.7 Å². The third-order valence-electron chi connectivity index (χ3n) is 11.3. The molecule has 1 atom stereocenters. The molecule has 3 aromatic carbocycles. The van der Waals surface area contributed by atoms with Gasteiger partial charge in [0.25, 0.3) is 0 Å². The van der Waals surface area contributed by atoms with Gasteiger partial charge in [-0.3, -0.25) is 14.6 Å². The zero-order valence-electron chi connectivity index (χ0n) is 28.2. The molecule has 1 aliphatic carbocycles.